The molecule has 0 aromatic heterocycles. The lowest BCUT2D eigenvalue weighted by Gasteiger charge is -2.50. The maximum Gasteiger partial charge on any atom is 0.119 e. The van der Waals surface area contributed by atoms with Crippen LogP contribution in [0, 0.1) is 17.3 Å². The Kier molecular flexibility index (Phi) is 2.94. The number of fused-ring (bicyclic) bond motifs is 5. The van der Waals surface area contributed by atoms with Crippen molar-refractivity contribution in [3.8, 4) is 5.75 Å². The molecule has 0 bridgehead atoms. The molecule has 4 rings (SSSR count). The Morgan fingerprint density at radius 1 is 1.24 bits per heavy atom. The van der Waals surface area contributed by atoms with Crippen molar-refractivity contribution in [2.75, 3.05) is 7.11 Å². The van der Waals surface area contributed by atoms with E-state index in [-0.39, 0.29) is 11.5 Å². The minimum atomic E-state index is -0.249. The molecule has 1 aromatic carbocycles. The minimum Gasteiger partial charge on any atom is -0.497 e. The van der Waals surface area contributed by atoms with Gasteiger partial charge in [0.25, 0.3) is 0 Å². The predicted molar refractivity (Wildman–Crippen MR) is 83.5 cm³/mol. The third-order valence-corrected chi connectivity index (χ3v) is 6.41. The van der Waals surface area contributed by atoms with Crippen molar-refractivity contribution in [2.45, 2.75) is 44.6 Å². The average molecular weight is 284 g/mol. The van der Waals surface area contributed by atoms with Gasteiger partial charge in [-0.3, -0.25) is 0 Å². The first-order valence-electron chi connectivity index (χ1n) is 8.16. The van der Waals surface area contributed by atoms with Gasteiger partial charge >= 0.3 is 0 Å². The summed E-state index contributed by atoms with van der Waals surface area (Å²) in [6.45, 7) is 2.28. The summed E-state index contributed by atoms with van der Waals surface area (Å²) in [4.78, 5) is 0. The highest BCUT2D eigenvalue weighted by molar-refractivity contribution is 5.41. The Bertz CT molecular complexity index is 591. The number of aliphatic hydroxyl groups is 1. The maximum atomic E-state index is 10.3. The van der Waals surface area contributed by atoms with Gasteiger partial charge in [0, 0.05) is 5.41 Å². The number of methoxy groups -OCH3 is 1. The molecule has 0 unspecified atom stereocenters. The second-order valence-electron chi connectivity index (χ2n) is 7.27. The number of hydrogen-bond acceptors (Lipinski definition) is 2. The van der Waals surface area contributed by atoms with Crippen molar-refractivity contribution in [3.05, 3.63) is 41.5 Å². The first kappa shape index (κ1) is 13.4. The Hall–Kier alpha value is -1.28. The quantitative estimate of drug-likeness (QED) is 0.797. The zero-order valence-electron chi connectivity index (χ0n) is 12.9. The Morgan fingerprint density at radius 3 is 2.90 bits per heavy atom. The molecule has 2 nitrogen and oxygen atoms in total. The highest BCUT2D eigenvalue weighted by atomic mass is 16.5. The number of aryl methyl sites for hydroxylation is 1. The Morgan fingerprint density at radius 2 is 2.10 bits per heavy atom. The van der Waals surface area contributed by atoms with E-state index in [1.165, 1.54) is 24.0 Å². The largest absolute Gasteiger partial charge is 0.497 e. The molecule has 3 aliphatic rings. The smallest absolute Gasteiger partial charge is 0.119 e. The van der Waals surface area contributed by atoms with Gasteiger partial charge in [-0.15, -0.1) is 0 Å². The van der Waals surface area contributed by atoms with E-state index in [2.05, 4.69) is 31.2 Å². The predicted octanol–water partition coefficient (Wildman–Crippen LogP) is 3.69. The summed E-state index contributed by atoms with van der Waals surface area (Å²) in [6.07, 6.45) is 8.80. The molecule has 2 heteroatoms. The van der Waals surface area contributed by atoms with Crippen molar-refractivity contribution in [3.63, 3.8) is 0 Å². The molecule has 1 aromatic rings. The third kappa shape index (κ3) is 1.81. The number of hydrogen-bond donors (Lipinski definition) is 1. The molecular weight excluding hydrogens is 260 g/mol. The van der Waals surface area contributed by atoms with Crippen LogP contribution in [-0.2, 0) is 6.42 Å². The summed E-state index contributed by atoms with van der Waals surface area (Å²) in [6, 6.07) is 6.61. The fraction of sp³-hybridized carbons (Fsp3) is 0.579. The van der Waals surface area contributed by atoms with Gasteiger partial charge in [-0.1, -0.05) is 25.1 Å². The second-order valence-corrected chi connectivity index (χ2v) is 7.27. The number of allylic oxidation sites excluding steroid dienone is 1. The second kappa shape index (κ2) is 4.61. The highest BCUT2D eigenvalue weighted by Gasteiger charge is 2.52. The van der Waals surface area contributed by atoms with Crippen molar-refractivity contribution in [1.82, 2.24) is 0 Å². The van der Waals surface area contributed by atoms with Gasteiger partial charge < -0.3 is 9.84 Å². The summed E-state index contributed by atoms with van der Waals surface area (Å²) in [7, 11) is 1.74. The van der Waals surface area contributed by atoms with Crippen LogP contribution in [0.5, 0.6) is 5.75 Å². The van der Waals surface area contributed by atoms with E-state index in [0.717, 1.165) is 18.6 Å². The van der Waals surface area contributed by atoms with Crippen molar-refractivity contribution in [2.24, 2.45) is 17.3 Å². The number of aliphatic hydroxyl groups excluding tert-OH is 1. The Labute approximate surface area is 126 Å². The summed E-state index contributed by atoms with van der Waals surface area (Å²) >= 11 is 0. The van der Waals surface area contributed by atoms with E-state index in [0.29, 0.717) is 17.8 Å². The normalized spacial score (nSPS) is 40.3. The third-order valence-electron chi connectivity index (χ3n) is 6.41. The molecule has 3 aliphatic carbocycles. The van der Waals surface area contributed by atoms with E-state index >= 15 is 0 Å². The first-order valence-corrected chi connectivity index (χ1v) is 8.16. The number of ether oxygens (including phenoxy) is 1. The lowest BCUT2D eigenvalue weighted by Crippen LogP contribution is -2.44. The lowest BCUT2D eigenvalue weighted by atomic mass is 9.55. The summed E-state index contributed by atoms with van der Waals surface area (Å²) in [5.74, 6) is 2.87. The number of rotatable bonds is 1. The maximum absolute atomic E-state index is 10.3. The highest BCUT2D eigenvalue weighted by Crippen LogP contribution is 2.58. The van der Waals surface area contributed by atoms with Gasteiger partial charge in [0.1, 0.15) is 5.75 Å². The standard InChI is InChI=1S/C19H24O2/c1-19-10-9-15-14-6-4-13(21-2)11-12(14)3-5-16(15)17(19)7-8-18(19)20/h4,6-8,11,15-18,20H,3,5,9-10H2,1-2H3/t15-,16+,17-,18-,19-/m0/s1. The van der Waals surface area contributed by atoms with E-state index in [4.69, 9.17) is 4.74 Å². The van der Waals surface area contributed by atoms with Crippen LogP contribution in [0.25, 0.3) is 0 Å². The molecule has 0 amide bonds. The summed E-state index contributed by atoms with van der Waals surface area (Å²) < 4.78 is 5.37. The molecule has 5 atom stereocenters. The summed E-state index contributed by atoms with van der Waals surface area (Å²) in [5.41, 5.74) is 3.08. The zero-order valence-corrected chi connectivity index (χ0v) is 12.9. The van der Waals surface area contributed by atoms with Crippen molar-refractivity contribution < 1.29 is 9.84 Å². The molecule has 1 fully saturated rings. The fourth-order valence-corrected chi connectivity index (χ4v) is 5.12. The van der Waals surface area contributed by atoms with Crippen LogP contribution in [0.15, 0.2) is 30.4 Å². The van der Waals surface area contributed by atoms with E-state index in [1.54, 1.807) is 7.11 Å². The van der Waals surface area contributed by atoms with Crippen LogP contribution in [0.4, 0.5) is 0 Å². The molecular formula is C19H24O2. The van der Waals surface area contributed by atoms with E-state index < -0.39 is 0 Å². The van der Waals surface area contributed by atoms with Gasteiger partial charge in [0.15, 0.2) is 0 Å². The van der Waals surface area contributed by atoms with Crippen LogP contribution >= 0.6 is 0 Å². The van der Waals surface area contributed by atoms with Crippen LogP contribution in [-0.4, -0.2) is 18.3 Å². The first-order chi connectivity index (χ1) is 10.1. The van der Waals surface area contributed by atoms with Gasteiger partial charge in [0.2, 0.25) is 0 Å². The molecule has 0 heterocycles. The van der Waals surface area contributed by atoms with Crippen molar-refractivity contribution in [1.29, 1.82) is 0 Å². The molecule has 1 N–H and O–H groups in total. The number of benzene rings is 1. The minimum absolute atomic E-state index is 0.0745. The van der Waals surface area contributed by atoms with Gasteiger partial charge in [0.05, 0.1) is 13.2 Å². The molecule has 0 radical (unpaired) electrons. The SMILES string of the molecule is COc1ccc2c(c1)CC[C@@H]1[C@H]2CC[C@]2(C)[C@@H](O)C=C[C@@H]12. The van der Waals surface area contributed by atoms with Gasteiger partial charge in [-0.05, 0) is 66.7 Å². The molecule has 0 spiro atoms. The molecule has 1 saturated carbocycles. The van der Waals surface area contributed by atoms with Gasteiger partial charge in [-0.2, -0.15) is 0 Å². The van der Waals surface area contributed by atoms with Crippen LogP contribution in [0.1, 0.15) is 43.2 Å². The molecule has 0 aliphatic heterocycles. The Balaban J connectivity index is 1.70. The fourth-order valence-electron chi connectivity index (χ4n) is 5.12. The monoisotopic (exact) mass is 284 g/mol. The van der Waals surface area contributed by atoms with Crippen molar-refractivity contribution >= 4 is 0 Å². The van der Waals surface area contributed by atoms with Crippen LogP contribution in [0.2, 0.25) is 0 Å². The lowest BCUT2D eigenvalue weighted by molar-refractivity contribution is -0.0101. The molecule has 0 saturated heterocycles. The van der Waals surface area contributed by atoms with E-state index in [1.807, 2.05) is 6.08 Å². The topological polar surface area (TPSA) is 29.5 Å². The summed E-state index contributed by atoms with van der Waals surface area (Å²) in [5, 5.41) is 10.3. The molecule has 21 heavy (non-hydrogen) atoms. The van der Waals surface area contributed by atoms with E-state index in [9.17, 15) is 5.11 Å². The van der Waals surface area contributed by atoms with Gasteiger partial charge in [-0.25, -0.2) is 0 Å². The molecule has 112 valence electrons. The zero-order chi connectivity index (χ0) is 14.6. The van der Waals surface area contributed by atoms with Crippen LogP contribution in [0.3, 0.4) is 0 Å². The average Bonchev–Trinajstić information content (AvgIpc) is 2.82. The van der Waals surface area contributed by atoms with Crippen LogP contribution < -0.4 is 4.74 Å².